The number of ether oxygens (including phenoxy) is 1. The van der Waals surface area contributed by atoms with Crippen molar-refractivity contribution in [2.24, 2.45) is 5.92 Å². The van der Waals surface area contributed by atoms with E-state index in [1.807, 2.05) is 31.2 Å². The number of benzene rings is 1. The summed E-state index contributed by atoms with van der Waals surface area (Å²) in [5.74, 6) is 0.529. The van der Waals surface area contributed by atoms with Gasteiger partial charge in [-0.3, -0.25) is 14.2 Å². The number of thioether (sulfide) groups is 1. The maximum Gasteiger partial charge on any atom is 0.262 e. The molecule has 1 amide bonds. The number of amides is 1. The van der Waals surface area contributed by atoms with Crippen molar-refractivity contribution >= 4 is 28.6 Å². The third-order valence-corrected chi connectivity index (χ3v) is 7.42. The number of hydrogen-bond acceptors (Lipinski definition) is 5. The van der Waals surface area contributed by atoms with Crippen LogP contribution in [0.4, 0.5) is 0 Å². The van der Waals surface area contributed by atoms with E-state index in [0.717, 1.165) is 25.9 Å². The molecule has 1 aromatic carbocycles. The zero-order chi connectivity index (χ0) is 21.1. The summed E-state index contributed by atoms with van der Waals surface area (Å²) in [6.45, 7) is 5.33. The topological polar surface area (TPSA) is 73.2 Å². The Kier molecular flexibility index (Phi) is 6.78. The van der Waals surface area contributed by atoms with Gasteiger partial charge in [0.25, 0.3) is 5.56 Å². The van der Waals surface area contributed by atoms with Crippen molar-refractivity contribution in [2.45, 2.75) is 81.5 Å². The summed E-state index contributed by atoms with van der Waals surface area (Å²) in [6.07, 6.45) is 6.61. The Morgan fingerprint density at radius 3 is 2.83 bits per heavy atom. The number of carbonyl (C=O) groups excluding carboxylic acids is 1. The van der Waals surface area contributed by atoms with Crippen LogP contribution in [0.1, 0.15) is 52.4 Å². The Morgan fingerprint density at radius 2 is 2.07 bits per heavy atom. The van der Waals surface area contributed by atoms with Gasteiger partial charge in [-0.05, 0) is 50.7 Å². The Hall–Kier alpha value is -1.86. The first-order chi connectivity index (χ1) is 14.5. The number of para-hydroxylation sites is 1. The first-order valence-electron chi connectivity index (χ1n) is 11.1. The molecule has 0 radical (unpaired) electrons. The lowest BCUT2D eigenvalue weighted by Gasteiger charge is -2.30. The lowest BCUT2D eigenvalue weighted by atomic mass is 9.86. The Bertz CT molecular complexity index is 954. The lowest BCUT2D eigenvalue weighted by molar-refractivity contribution is -0.121. The van der Waals surface area contributed by atoms with E-state index in [2.05, 4.69) is 12.2 Å². The minimum atomic E-state index is -0.331. The molecule has 0 unspecified atom stereocenters. The van der Waals surface area contributed by atoms with Gasteiger partial charge in [-0.15, -0.1) is 0 Å². The molecular weight excluding hydrogens is 398 g/mol. The number of rotatable bonds is 6. The Balaban J connectivity index is 1.56. The van der Waals surface area contributed by atoms with Gasteiger partial charge < -0.3 is 10.1 Å². The van der Waals surface area contributed by atoms with E-state index in [0.29, 0.717) is 28.5 Å². The molecule has 1 N–H and O–H groups in total. The molecule has 7 heteroatoms. The van der Waals surface area contributed by atoms with Gasteiger partial charge >= 0.3 is 0 Å². The molecule has 2 aromatic rings. The summed E-state index contributed by atoms with van der Waals surface area (Å²) >= 11 is 1.36. The van der Waals surface area contributed by atoms with Gasteiger partial charge in [-0.25, -0.2) is 4.98 Å². The predicted molar refractivity (Wildman–Crippen MR) is 120 cm³/mol. The average Bonchev–Trinajstić information content (AvgIpc) is 3.26. The average molecular weight is 430 g/mol. The molecule has 1 aliphatic carbocycles. The summed E-state index contributed by atoms with van der Waals surface area (Å²) in [5.41, 5.74) is 0.606. The van der Waals surface area contributed by atoms with Crippen molar-refractivity contribution in [2.75, 3.05) is 6.61 Å². The molecule has 0 bridgehead atoms. The minimum absolute atomic E-state index is 0.0184. The van der Waals surface area contributed by atoms with E-state index >= 15 is 0 Å². The molecule has 1 aromatic heterocycles. The molecule has 2 heterocycles. The molecule has 162 valence electrons. The van der Waals surface area contributed by atoms with E-state index < -0.39 is 0 Å². The molecule has 1 saturated heterocycles. The van der Waals surface area contributed by atoms with Crippen LogP contribution in [0.3, 0.4) is 0 Å². The van der Waals surface area contributed by atoms with Crippen molar-refractivity contribution in [3.63, 3.8) is 0 Å². The van der Waals surface area contributed by atoms with Crippen LogP contribution in [0, 0.1) is 5.92 Å². The molecule has 30 heavy (non-hydrogen) atoms. The van der Waals surface area contributed by atoms with Crippen molar-refractivity contribution < 1.29 is 9.53 Å². The number of hydrogen-bond donors (Lipinski definition) is 1. The van der Waals surface area contributed by atoms with Crippen LogP contribution in [0.25, 0.3) is 10.9 Å². The third kappa shape index (κ3) is 4.72. The maximum absolute atomic E-state index is 13.2. The van der Waals surface area contributed by atoms with Gasteiger partial charge in [0, 0.05) is 12.6 Å². The molecule has 1 saturated carbocycles. The van der Waals surface area contributed by atoms with E-state index in [-0.39, 0.29) is 28.9 Å². The van der Waals surface area contributed by atoms with Gasteiger partial charge in [0.2, 0.25) is 5.91 Å². The van der Waals surface area contributed by atoms with Crippen molar-refractivity contribution in [3.8, 4) is 0 Å². The standard InChI is InChI=1S/C23H31N3O3S/c1-15-8-3-5-11-19(15)24-21(27)16(2)30-23-25-20-12-6-4-10-18(20)22(28)26(23)14-17-9-7-13-29-17/h4,6,10,12,15-17,19H,3,5,7-9,11,13-14H2,1-2H3,(H,24,27)/t15-,16-,17+,19+/m1/s1. The van der Waals surface area contributed by atoms with E-state index in [1.54, 1.807) is 4.57 Å². The zero-order valence-corrected chi connectivity index (χ0v) is 18.6. The highest BCUT2D eigenvalue weighted by atomic mass is 32.2. The highest BCUT2D eigenvalue weighted by molar-refractivity contribution is 8.00. The fraction of sp³-hybridized carbons (Fsp3) is 0.609. The Labute approximate surface area is 181 Å². The van der Waals surface area contributed by atoms with Gasteiger partial charge in [0.1, 0.15) is 0 Å². The van der Waals surface area contributed by atoms with E-state index in [4.69, 9.17) is 9.72 Å². The predicted octanol–water partition coefficient (Wildman–Crippen LogP) is 3.75. The number of carbonyl (C=O) groups is 1. The second-order valence-corrected chi connectivity index (χ2v) is 9.91. The summed E-state index contributed by atoms with van der Waals surface area (Å²) in [6, 6.07) is 7.65. The van der Waals surface area contributed by atoms with Crippen LogP contribution in [-0.2, 0) is 16.1 Å². The normalized spacial score (nSPS) is 25.3. The minimum Gasteiger partial charge on any atom is -0.376 e. The SMILES string of the molecule is C[C@@H]1CCCC[C@@H]1NC(=O)[C@@H](C)Sc1nc2ccccc2c(=O)n1C[C@@H]1CCCO1. The molecule has 6 nitrogen and oxygen atoms in total. The first-order valence-corrected chi connectivity index (χ1v) is 12.0. The van der Waals surface area contributed by atoms with Gasteiger partial charge in [-0.1, -0.05) is 43.7 Å². The summed E-state index contributed by atoms with van der Waals surface area (Å²) in [7, 11) is 0. The molecule has 2 fully saturated rings. The van der Waals surface area contributed by atoms with Crippen molar-refractivity contribution in [1.82, 2.24) is 14.9 Å². The summed E-state index contributed by atoms with van der Waals surface area (Å²) in [4.78, 5) is 30.8. The summed E-state index contributed by atoms with van der Waals surface area (Å²) < 4.78 is 7.47. The number of nitrogens with zero attached hydrogens (tertiary/aromatic N) is 2. The fourth-order valence-corrected chi connectivity index (χ4v) is 5.36. The second-order valence-electron chi connectivity index (χ2n) is 8.60. The van der Waals surface area contributed by atoms with Crippen LogP contribution in [0.2, 0.25) is 0 Å². The molecule has 0 spiro atoms. The van der Waals surface area contributed by atoms with E-state index in [1.165, 1.54) is 31.0 Å². The summed E-state index contributed by atoms with van der Waals surface area (Å²) in [5, 5.41) is 4.10. The quantitative estimate of drug-likeness (QED) is 0.559. The number of aromatic nitrogens is 2. The first kappa shape index (κ1) is 21.4. The van der Waals surface area contributed by atoms with Gasteiger partial charge in [0.05, 0.1) is 28.8 Å². The lowest BCUT2D eigenvalue weighted by Crippen LogP contribution is -2.44. The Morgan fingerprint density at radius 1 is 1.27 bits per heavy atom. The van der Waals surface area contributed by atoms with Crippen LogP contribution in [0.5, 0.6) is 0 Å². The number of fused-ring (bicyclic) bond motifs is 1. The highest BCUT2D eigenvalue weighted by Gasteiger charge is 2.27. The van der Waals surface area contributed by atoms with Gasteiger partial charge in [0.15, 0.2) is 5.16 Å². The monoisotopic (exact) mass is 429 g/mol. The molecule has 4 atom stereocenters. The zero-order valence-electron chi connectivity index (χ0n) is 17.8. The van der Waals surface area contributed by atoms with Gasteiger partial charge in [-0.2, -0.15) is 0 Å². The fourth-order valence-electron chi connectivity index (χ4n) is 4.43. The molecule has 2 aliphatic rings. The van der Waals surface area contributed by atoms with Crippen molar-refractivity contribution in [1.29, 1.82) is 0 Å². The van der Waals surface area contributed by atoms with Crippen LogP contribution >= 0.6 is 11.8 Å². The third-order valence-electron chi connectivity index (χ3n) is 6.33. The second kappa shape index (κ2) is 9.52. The van der Waals surface area contributed by atoms with Crippen molar-refractivity contribution in [3.05, 3.63) is 34.6 Å². The van der Waals surface area contributed by atoms with E-state index in [9.17, 15) is 9.59 Å². The largest absolute Gasteiger partial charge is 0.376 e. The molecule has 4 rings (SSSR count). The smallest absolute Gasteiger partial charge is 0.262 e. The molecule has 1 aliphatic heterocycles. The van der Waals surface area contributed by atoms with Crippen LogP contribution < -0.4 is 10.9 Å². The van der Waals surface area contributed by atoms with Crippen LogP contribution in [-0.4, -0.2) is 39.5 Å². The number of nitrogens with one attached hydrogen (secondary N) is 1. The molecular formula is C23H31N3O3S. The van der Waals surface area contributed by atoms with Crippen LogP contribution in [0.15, 0.2) is 34.2 Å². The highest BCUT2D eigenvalue weighted by Crippen LogP contribution is 2.27. The maximum atomic E-state index is 13.2.